The standard InChI is InChI=1S/C13H17ClN4O2/c1-2-3-15-12-10(14)4-8(6-17-12)13(20)18-9-5-11(19)16-7-9/h4,6,9H,2-3,5,7H2,1H3,(H,15,17)(H,16,19)(H,18,20). The summed E-state index contributed by atoms with van der Waals surface area (Å²) in [5.41, 5.74) is 0.386. The topological polar surface area (TPSA) is 83.1 Å². The van der Waals surface area contributed by atoms with E-state index in [0.717, 1.165) is 13.0 Å². The Kier molecular flexibility index (Phi) is 4.79. The van der Waals surface area contributed by atoms with E-state index in [0.29, 0.717) is 29.4 Å². The lowest BCUT2D eigenvalue weighted by atomic mass is 10.2. The van der Waals surface area contributed by atoms with Crippen LogP contribution in [0.3, 0.4) is 0 Å². The predicted octanol–water partition coefficient (Wildman–Crippen LogP) is 1.18. The van der Waals surface area contributed by atoms with Gasteiger partial charge in [-0.05, 0) is 12.5 Å². The number of nitrogens with one attached hydrogen (secondary N) is 3. The Labute approximate surface area is 122 Å². The van der Waals surface area contributed by atoms with Crippen LogP contribution in [0.5, 0.6) is 0 Å². The zero-order chi connectivity index (χ0) is 14.5. The molecule has 1 unspecified atom stereocenters. The van der Waals surface area contributed by atoms with Gasteiger partial charge in [0, 0.05) is 25.7 Å². The molecule has 1 fully saturated rings. The summed E-state index contributed by atoms with van der Waals surface area (Å²) in [7, 11) is 0. The van der Waals surface area contributed by atoms with Crippen molar-refractivity contribution in [3.05, 3.63) is 22.8 Å². The minimum absolute atomic E-state index is 0.0504. The first-order chi connectivity index (χ1) is 9.60. The molecule has 1 atom stereocenters. The van der Waals surface area contributed by atoms with E-state index in [1.54, 1.807) is 6.07 Å². The minimum Gasteiger partial charge on any atom is -0.369 e. The number of hydrogen-bond donors (Lipinski definition) is 3. The summed E-state index contributed by atoms with van der Waals surface area (Å²) in [6.45, 7) is 3.27. The summed E-state index contributed by atoms with van der Waals surface area (Å²) >= 11 is 6.08. The molecule has 0 aliphatic carbocycles. The van der Waals surface area contributed by atoms with Crippen molar-refractivity contribution in [2.24, 2.45) is 0 Å². The molecule has 1 aromatic heterocycles. The van der Waals surface area contributed by atoms with E-state index in [4.69, 9.17) is 11.6 Å². The van der Waals surface area contributed by atoms with Gasteiger partial charge in [-0.1, -0.05) is 18.5 Å². The number of nitrogens with zero attached hydrogens (tertiary/aromatic N) is 1. The first-order valence-electron chi connectivity index (χ1n) is 6.57. The van der Waals surface area contributed by atoms with Crippen molar-refractivity contribution >= 4 is 29.2 Å². The highest BCUT2D eigenvalue weighted by Crippen LogP contribution is 2.20. The highest BCUT2D eigenvalue weighted by atomic mass is 35.5. The highest BCUT2D eigenvalue weighted by Gasteiger charge is 2.23. The first kappa shape index (κ1) is 14.6. The maximum atomic E-state index is 12.0. The van der Waals surface area contributed by atoms with Crippen LogP contribution in [-0.4, -0.2) is 35.9 Å². The number of pyridine rings is 1. The van der Waals surface area contributed by atoms with Crippen molar-refractivity contribution < 1.29 is 9.59 Å². The van der Waals surface area contributed by atoms with Gasteiger partial charge >= 0.3 is 0 Å². The summed E-state index contributed by atoms with van der Waals surface area (Å²) in [6.07, 6.45) is 2.75. The monoisotopic (exact) mass is 296 g/mol. The fourth-order valence-electron chi connectivity index (χ4n) is 1.91. The highest BCUT2D eigenvalue weighted by molar-refractivity contribution is 6.33. The number of carbonyl (C=O) groups excluding carboxylic acids is 2. The van der Waals surface area contributed by atoms with Crippen LogP contribution in [0.2, 0.25) is 5.02 Å². The number of rotatable bonds is 5. The molecule has 20 heavy (non-hydrogen) atoms. The van der Waals surface area contributed by atoms with Gasteiger partial charge in [-0.3, -0.25) is 9.59 Å². The Hall–Kier alpha value is -1.82. The molecule has 3 N–H and O–H groups in total. The number of carbonyl (C=O) groups is 2. The van der Waals surface area contributed by atoms with Crippen LogP contribution in [0, 0.1) is 0 Å². The van der Waals surface area contributed by atoms with Gasteiger partial charge in [-0.25, -0.2) is 4.98 Å². The van der Waals surface area contributed by atoms with E-state index >= 15 is 0 Å². The lowest BCUT2D eigenvalue weighted by Crippen LogP contribution is -2.36. The fourth-order valence-corrected chi connectivity index (χ4v) is 2.14. The lowest BCUT2D eigenvalue weighted by Gasteiger charge is -2.11. The minimum atomic E-state index is -0.275. The summed E-state index contributed by atoms with van der Waals surface area (Å²) < 4.78 is 0. The summed E-state index contributed by atoms with van der Waals surface area (Å²) in [5.74, 6) is 0.247. The quantitative estimate of drug-likeness (QED) is 0.762. The van der Waals surface area contributed by atoms with Crippen LogP contribution in [0.4, 0.5) is 5.82 Å². The number of anilines is 1. The van der Waals surface area contributed by atoms with Crippen molar-refractivity contribution in [3.8, 4) is 0 Å². The van der Waals surface area contributed by atoms with Gasteiger partial charge in [0.2, 0.25) is 5.91 Å². The number of aromatic nitrogens is 1. The zero-order valence-corrected chi connectivity index (χ0v) is 12.0. The Balaban J connectivity index is 1.99. The molecule has 2 heterocycles. The van der Waals surface area contributed by atoms with Crippen molar-refractivity contribution in [2.45, 2.75) is 25.8 Å². The van der Waals surface area contributed by atoms with E-state index in [9.17, 15) is 9.59 Å². The molecule has 7 heteroatoms. The van der Waals surface area contributed by atoms with E-state index < -0.39 is 0 Å². The molecule has 0 radical (unpaired) electrons. The third kappa shape index (κ3) is 3.60. The van der Waals surface area contributed by atoms with Crippen molar-refractivity contribution in [2.75, 3.05) is 18.4 Å². The molecule has 0 spiro atoms. The second-order valence-electron chi connectivity index (χ2n) is 4.66. The van der Waals surface area contributed by atoms with E-state index in [-0.39, 0.29) is 17.9 Å². The third-order valence-electron chi connectivity index (χ3n) is 2.96. The lowest BCUT2D eigenvalue weighted by molar-refractivity contribution is -0.119. The van der Waals surface area contributed by atoms with Crippen LogP contribution in [-0.2, 0) is 4.79 Å². The molecular formula is C13H17ClN4O2. The fraction of sp³-hybridized carbons (Fsp3) is 0.462. The second-order valence-corrected chi connectivity index (χ2v) is 5.07. The van der Waals surface area contributed by atoms with Gasteiger partial charge in [0.15, 0.2) is 0 Å². The Morgan fingerprint density at radius 1 is 1.60 bits per heavy atom. The van der Waals surface area contributed by atoms with Gasteiger partial charge in [-0.2, -0.15) is 0 Å². The molecule has 2 rings (SSSR count). The number of amides is 2. The average Bonchev–Trinajstić information content (AvgIpc) is 2.82. The predicted molar refractivity (Wildman–Crippen MR) is 76.9 cm³/mol. The van der Waals surface area contributed by atoms with Crippen molar-refractivity contribution in [1.82, 2.24) is 15.6 Å². The third-order valence-corrected chi connectivity index (χ3v) is 3.25. The molecule has 0 saturated carbocycles. The molecule has 1 aliphatic rings. The first-order valence-corrected chi connectivity index (χ1v) is 6.95. The molecular weight excluding hydrogens is 280 g/mol. The summed E-state index contributed by atoms with van der Waals surface area (Å²) in [5, 5.41) is 8.93. The normalized spacial score (nSPS) is 17.7. The van der Waals surface area contributed by atoms with Gasteiger partial charge in [0.05, 0.1) is 16.6 Å². The van der Waals surface area contributed by atoms with E-state index in [2.05, 4.69) is 20.9 Å². The molecule has 2 amide bonds. The van der Waals surface area contributed by atoms with Crippen LogP contribution in [0.1, 0.15) is 30.1 Å². The molecule has 1 aliphatic heterocycles. The van der Waals surface area contributed by atoms with E-state index in [1.165, 1.54) is 6.20 Å². The maximum absolute atomic E-state index is 12.0. The van der Waals surface area contributed by atoms with Crippen molar-refractivity contribution in [1.29, 1.82) is 0 Å². The average molecular weight is 297 g/mol. The van der Waals surface area contributed by atoms with Gasteiger partial charge in [0.25, 0.3) is 5.91 Å². The largest absolute Gasteiger partial charge is 0.369 e. The number of hydrogen-bond acceptors (Lipinski definition) is 4. The Morgan fingerprint density at radius 3 is 3.00 bits per heavy atom. The van der Waals surface area contributed by atoms with Crippen LogP contribution >= 0.6 is 11.6 Å². The second kappa shape index (κ2) is 6.56. The summed E-state index contributed by atoms with van der Waals surface area (Å²) in [4.78, 5) is 27.2. The molecule has 6 nitrogen and oxygen atoms in total. The SMILES string of the molecule is CCCNc1ncc(C(=O)NC2CNC(=O)C2)cc1Cl. The molecule has 0 aromatic carbocycles. The van der Waals surface area contributed by atoms with Gasteiger partial charge in [0.1, 0.15) is 5.82 Å². The van der Waals surface area contributed by atoms with Crippen molar-refractivity contribution in [3.63, 3.8) is 0 Å². The molecule has 1 aromatic rings. The smallest absolute Gasteiger partial charge is 0.253 e. The molecule has 1 saturated heterocycles. The Bertz CT molecular complexity index is 521. The van der Waals surface area contributed by atoms with Crippen LogP contribution in [0.15, 0.2) is 12.3 Å². The Morgan fingerprint density at radius 2 is 2.40 bits per heavy atom. The molecule has 0 bridgehead atoms. The van der Waals surface area contributed by atoms with Gasteiger partial charge in [-0.15, -0.1) is 0 Å². The van der Waals surface area contributed by atoms with Crippen LogP contribution in [0.25, 0.3) is 0 Å². The maximum Gasteiger partial charge on any atom is 0.253 e. The molecule has 108 valence electrons. The van der Waals surface area contributed by atoms with Crippen LogP contribution < -0.4 is 16.0 Å². The summed E-state index contributed by atoms with van der Waals surface area (Å²) in [6, 6.07) is 1.40. The zero-order valence-electron chi connectivity index (χ0n) is 11.2. The number of halogens is 1. The van der Waals surface area contributed by atoms with E-state index in [1.807, 2.05) is 6.92 Å². The van der Waals surface area contributed by atoms with Gasteiger partial charge < -0.3 is 16.0 Å².